The maximum atomic E-state index is 10.7. The third-order valence-corrected chi connectivity index (χ3v) is 1.53. The lowest BCUT2D eigenvalue weighted by atomic mass is 10.4. The van der Waals surface area contributed by atoms with Crippen LogP contribution in [0.2, 0.25) is 0 Å². The summed E-state index contributed by atoms with van der Waals surface area (Å²) in [6.45, 7) is 0. The summed E-state index contributed by atoms with van der Waals surface area (Å²) in [5.41, 5.74) is 0.0729. The molecule has 0 aliphatic rings. The monoisotopic (exact) mass is 178 g/mol. The van der Waals surface area contributed by atoms with E-state index in [0.29, 0.717) is 0 Å². The highest BCUT2D eigenvalue weighted by molar-refractivity contribution is 5.85. The highest BCUT2D eigenvalue weighted by atomic mass is 16.4. The van der Waals surface area contributed by atoms with E-state index >= 15 is 0 Å². The summed E-state index contributed by atoms with van der Waals surface area (Å²) < 4.78 is 0. The summed E-state index contributed by atoms with van der Waals surface area (Å²) in [5, 5.41) is 16.4. The molecule has 0 unspecified atom stereocenters. The van der Waals surface area contributed by atoms with Crippen LogP contribution in [0.4, 0.5) is 0 Å². The van der Waals surface area contributed by atoms with Crippen LogP contribution < -0.4 is 0 Å². The second-order valence-corrected chi connectivity index (χ2v) is 2.34. The summed E-state index contributed by atoms with van der Waals surface area (Å²) in [7, 11) is 0. The number of aromatic nitrogens is 4. The summed E-state index contributed by atoms with van der Waals surface area (Å²) in [5.74, 6) is -1.03. The van der Waals surface area contributed by atoms with Gasteiger partial charge in [0.05, 0.1) is 18.6 Å². The molecule has 0 aromatic carbocycles. The molecule has 0 aliphatic heterocycles. The molecular formula is C7H6N4O2. The fourth-order valence-electron chi connectivity index (χ4n) is 0.989. The third kappa shape index (κ3) is 1.18. The fourth-order valence-corrected chi connectivity index (χ4v) is 0.989. The van der Waals surface area contributed by atoms with Crippen molar-refractivity contribution in [2.45, 2.75) is 0 Å². The molecule has 0 saturated heterocycles. The zero-order valence-electron chi connectivity index (χ0n) is 6.53. The number of rotatable bonds is 2. The van der Waals surface area contributed by atoms with Crippen molar-refractivity contribution >= 4 is 5.97 Å². The Morgan fingerprint density at radius 3 is 2.85 bits per heavy atom. The number of carboxylic acids is 1. The van der Waals surface area contributed by atoms with E-state index in [9.17, 15) is 4.79 Å². The van der Waals surface area contributed by atoms with Crippen LogP contribution in [0.1, 0.15) is 10.5 Å². The second-order valence-electron chi connectivity index (χ2n) is 2.34. The summed E-state index contributed by atoms with van der Waals surface area (Å²) >= 11 is 0. The van der Waals surface area contributed by atoms with Crippen molar-refractivity contribution in [3.05, 3.63) is 36.4 Å². The number of hydrogen-bond donors (Lipinski definition) is 1. The quantitative estimate of drug-likeness (QED) is 0.707. The molecule has 0 bridgehead atoms. The summed E-state index contributed by atoms with van der Waals surface area (Å²) in [6, 6.07) is 3.09. The molecule has 13 heavy (non-hydrogen) atoms. The Kier molecular flexibility index (Phi) is 1.59. The number of nitrogens with zero attached hydrogens (tertiary/aromatic N) is 4. The van der Waals surface area contributed by atoms with Gasteiger partial charge in [0.1, 0.15) is 0 Å². The number of hydrogen-bond acceptors (Lipinski definition) is 3. The van der Waals surface area contributed by atoms with E-state index in [4.69, 9.17) is 5.11 Å². The molecule has 6 nitrogen and oxygen atoms in total. The average molecular weight is 178 g/mol. The van der Waals surface area contributed by atoms with Gasteiger partial charge in [-0.2, -0.15) is 15.0 Å². The smallest absolute Gasteiger partial charge is 0.356 e. The molecule has 0 aliphatic carbocycles. The first-order valence-electron chi connectivity index (χ1n) is 3.56. The molecule has 0 fully saturated rings. The van der Waals surface area contributed by atoms with Crippen LogP contribution in [0.25, 0.3) is 0 Å². The van der Waals surface area contributed by atoms with Crippen molar-refractivity contribution in [2.75, 3.05) is 0 Å². The second kappa shape index (κ2) is 2.74. The van der Waals surface area contributed by atoms with Gasteiger partial charge < -0.3 is 5.11 Å². The predicted molar refractivity (Wildman–Crippen MR) is 42.2 cm³/mol. The Bertz CT molecular complexity index is 417. The number of aromatic carboxylic acids is 1. The van der Waals surface area contributed by atoms with E-state index in [2.05, 4.69) is 10.2 Å². The van der Waals surface area contributed by atoms with Gasteiger partial charge >= 0.3 is 5.97 Å². The Morgan fingerprint density at radius 2 is 2.23 bits per heavy atom. The minimum atomic E-state index is -1.03. The molecule has 0 spiro atoms. The predicted octanol–water partition coefficient (Wildman–Crippen LogP) is 0.0892. The van der Waals surface area contributed by atoms with Crippen LogP contribution >= 0.6 is 0 Å². The molecule has 0 amide bonds. The van der Waals surface area contributed by atoms with Gasteiger partial charge in [-0.25, -0.2) is 4.79 Å². The normalized spacial score (nSPS) is 10.2. The highest BCUT2D eigenvalue weighted by Crippen LogP contribution is 1.98. The Hall–Kier alpha value is -2.11. The van der Waals surface area contributed by atoms with E-state index in [0.717, 1.165) is 0 Å². The standard InChI is InChI=1S/C7H6N4O2/c12-7(13)6-2-4-9-11(6)10-5-1-3-8-10/h1-5H,(H,12,13). The van der Waals surface area contributed by atoms with Crippen LogP contribution in [0.5, 0.6) is 0 Å². The lowest BCUT2D eigenvalue weighted by Crippen LogP contribution is -2.17. The first kappa shape index (κ1) is 7.53. The molecule has 2 aromatic rings. The van der Waals surface area contributed by atoms with Crippen molar-refractivity contribution < 1.29 is 9.90 Å². The molecule has 0 radical (unpaired) electrons. The van der Waals surface area contributed by atoms with Gasteiger partial charge in [-0.1, -0.05) is 0 Å². The topological polar surface area (TPSA) is 72.9 Å². The minimum absolute atomic E-state index is 0.0729. The molecule has 1 N–H and O–H groups in total. The fraction of sp³-hybridized carbons (Fsp3) is 0. The van der Waals surface area contributed by atoms with Crippen LogP contribution in [0.15, 0.2) is 30.7 Å². The zero-order chi connectivity index (χ0) is 9.26. The van der Waals surface area contributed by atoms with Crippen molar-refractivity contribution in [3.8, 4) is 0 Å². The minimum Gasteiger partial charge on any atom is -0.476 e. The van der Waals surface area contributed by atoms with Crippen LogP contribution in [0, 0.1) is 0 Å². The average Bonchev–Trinajstić information content (AvgIpc) is 2.74. The molecule has 66 valence electrons. The van der Waals surface area contributed by atoms with E-state index in [-0.39, 0.29) is 5.69 Å². The molecule has 2 heterocycles. The maximum absolute atomic E-state index is 10.7. The van der Waals surface area contributed by atoms with Gasteiger partial charge in [-0.15, -0.1) is 4.79 Å². The molecule has 0 saturated carbocycles. The number of carbonyl (C=O) groups is 1. The third-order valence-electron chi connectivity index (χ3n) is 1.53. The first-order valence-corrected chi connectivity index (χ1v) is 3.56. The maximum Gasteiger partial charge on any atom is 0.356 e. The van der Waals surface area contributed by atoms with Gasteiger partial charge in [-0.3, -0.25) is 0 Å². The van der Waals surface area contributed by atoms with E-state index in [1.807, 2.05) is 0 Å². The van der Waals surface area contributed by atoms with Gasteiger partial charge in [0.15, 0.2) is 5.69 Å². The lowest BCUT2D eigenvalue weighted by Gasteiger charge is -2.01. The first-order chi connectivity index (χ1) is 6.29. The molecule has 2 aromatic heterocycles. The number of carboxylic acid groups (broad SMARTS) is 1. The zero-order valence-corrected chi connectivity index (χ0v) is 6.53. The largest absolute Gasteiger partial charge is 0.476 e. The molecule has 2 rings (SSSR count). The van der Waals surface area contributed by atoms with Gasteiger partial charge in [0.25, 0.3) is 0 Å². The SMILES string of the molecule is O=C(O)c1ccnn1-n1cccn1. The van der Waals surface area contributed by atoms with Crippen molar-refractivity contribution in [1.82, 2.24) is 19.8 Å². The Morgan fingerprint density at radius 1 is 1.38 bits per heavy atom. The molecule has 0 atom stereocenters. The van der Waals surface area contributed by atoms with Crippen LogP contribution in [-0.2, 0) is 0 Å². The lowest BCUT2D eigenvalue weighted by molar-refractivity contribution is 0.0680. The van der Waals surface area contributed by atoms with E-state index < -0.39 is 5.97 Å². The van der Waals surface area contributed by atoms with Crippen molar-refractivity contribution in [1.29, 1.82) is 0 Å². The summed E-state index contributed by atoms with van der Waals surface area (Å²) in [4.78, 5) is 13.2. The Labute approximate surface area is 73.0 Å². The Balaban J connectivity index is 2.52. The van der Waals surface area contributed by atoms with Gasteiger partial charge in [0.2, 0.25) is 0 Å². The molecule has 6 heteroatoms. The van der Waals surface area contributed by atoms with E-state index in [1.54, 1.807) is 18.5 Å². The molecular weight excluding hydrogens is 172 g/mol. The van der Waals surface area contributed by atoms with E-state index in [1.165, 1.54) is 21.8 Å². The summed E-state index contributed by atoms with van der Waals surface area (Å²) in [6.07, 6.45) is 4.57. The highest BCUT2D eigenvalue weighted by Gasteiger charge is 2.10. The van der Waals surface area contributed by atoms with Crippen LogP contribution in [0.3, 0.4) is 0 Å². The van der Waals surface area contributed by atoms with Crippen molar-refractivity contribution in [3.63, 3.8) is 0 Å². The van der Waals surface area contributed by atoms with Gasteiger partial charge in [-0.05, 0) is 12.1 Å². The van der Waals surface area contributed by atoms with Crippen LogP contribution in [-0.4, -0.2) is 30.9 Å². The van der Waals surface area contributed by atoms with Crippen molar-refractivity contribution in [2.24, 2.45) is 0 Å². The van der Waals surface area contributed by atoms with Gasteiger partial charge in [0, 0.05) is 0 Å².